The largest absolute Gasteiger partial charge is 0.481 e. The number of carbonyl (C=O) groups is 1. The SMILES string of the molecule is O=C(O)C(Cc1ccc2c(c1)OCO2)c1ccccc1F. The van der Waals surface area contributed by atoms with E-state index in [1.807, 2.05) is 0 Å². The molecule has 0 amide bonds. The van der Waals surface area contributed by atoms with Gasteiger partial charge in [-0.25, -0.2) is 4.39 Å². The number of carboxylic acid groups (broad SMARTS) is 1. The summed E-state index contributed by atoms with van der Waals surface area (Å²) in [5.74, 6) is -1.28. The van der Waals surface area contributed by atoms with Crippen molar-refractivity contribution in [2.45, 2.75) is 12.3 Å². The molecule has 1 heterocycles. The predicted molar refractivity (Wildman–Crippen MR) is 73.0 cm³/mol. The van der Waals surface area contributed by atoms with Gasteiger partial charge in [0.1, 0.15) is 5.82 Å². The maximum Gasteiger partial charge on any atom is 0.311 e. The summed E-state index contributed by atoms with van der Waals surface area (Å²) in [6.07, 6.45) is 0.187. The van der Waals surface area contributed by atoms with Gasteiger partial charge in [0.2, 0.25) is 6.79 Å². The van der Waals surface area contributed by atoms with E-state index < -0.39 is 17.7 Å². The molecule has 21 heavy (non-hydrogen) atoms. The average molecular weight is 288 g/mol. The molecule has 2 aromatic rings. The molecule has 0 aliphatic carbocycles. The summed E-state index contributed by atoms with van der Waals surface area (Å²) >= 11 is 0. The minimum Gasteiger partial charge on any atom is -0.481 e. The van der Waals surface area contributed by atoms with E-state index in [-0.39, 0.29) is 18.8 Å². The van der Waals surface area contributed by atoms with Gasteiger partial charge in [-0.3, -0.25) is 4.79 Å². The lowest BCUT2D eigenvalue weighted by Gasteiger charge is -2.14. The van der Waals surface area contributed by atoms with E-state index in [9.17, 15) is 14.3 Å². The highest BCUT2D eigenvalue weighted by atomic mass is 19.1. The molecule has 0 aromatic heterocycles. The molecule has 0 saturated heterocycles. The number of halogens is 1. The number of hydrogen-bond donors (Lipinski definition) is 1. The van der Waals surface area contributed by atoms with Crippen LogP contribution >= 0.6 is 0 Å². The zero-order chi connectivity index (χ0) is 14.8. The van der Waals surface area contributed by atoms with Crippen molar-refractivity contribution in [1.29, 1.82) is 0 Å². The Labute approximate surface area is 120 Å². The van der Waals surface area contributed by atoms with Crippen molar-refractivity contribution in [3.63, 3.8) is 0 Å². The normalized spacial score (nSPS) is 14.0. The summed E-state index contributed by atoms with van der Waals surface area (Å²) in [5.41, 5.74) is 0.942. The highest BCUT2D eigenvalue weighted by molar-refractivity contribution is 5.76. The van der Waals surface area contributed by atoms with E-state index in [0.717, 1.165) is 5.56 Å². The molecule has 0 spiro atoms. The van der Waals surface area contributed by atoms with Crippen molar-refractivity contribution in [2.24, 2.45) is 0 Å². The van der Waals surface area contributed by atoms with Crippen LogP contribution in [0.25, 0.3) is 0 Å². The highest BCUT2D eigenvalue weighted by Gasteiger charge is 2.24. The van der Waals surface area contributed by atoms with Crippen molar-refractivity contribution in [3.05, 3.63) is 59.4 Å². The Morgan fingerprint density at radius 1 is 1.19 bits per heavy atom. The van der Waals surface area contributed by atoms with Crippen LogP contribution < -0.4 is 9.47 Å². The fourth-order valence-electron chi connectivity index (χ4n) is 2.39. The Bertz CT molecular complexity index is 684. The second kappa shape index (κ2) is 5.44. The van der Waals surface area contributed by atoms with Gasteiger partial charge in [-0.05, 0) is 30.2 Å². The van der Waals surface area contributed by atoms with Crippen molar-refractivity contribution >= 4 is 5.97 Å². The summed E-state index contributed by atoms with van der Waals surface area (Å²) in [6.45, 7) is 0.161. The van der Waals surface area contributed by atoms with Crippen LogP contribution in [0.15, 0.2) is 42.5 Å². The van der Waals surface area contributed by atoms with Gasteiger partial charge in [0, 0.05) is 5.56 Å². The first-order valence-corrected chi connectivity index (χ1v) is 6.51. The molecule has 2 aromatic carbocycles. The standard InChI is InChI=1S/C16H13FO4/c17-13-4-2-1-3-11(13)12(16(18)19)7-10-5-6-14-15(8-10)21-9-20-14/h1-6,8,12H,7,9H2,(H,18,19). The molecule has 0 saturated carbocycles. The maximum absolute atomic E-state index is 13.8. The van der Waals surface area contributed by atoms with Gasteiger partial charge in [-0.15, -0.1) is 0 Å². The molecule has 4 nitrogen and oxygen atoms in total. The third-order valence-corrected chi connectivity index (χ3v) is 3.46. The van der Waals surface area contributed by atoms with Crippen LogP contribution in [0.3, 0.4) is 0 Å². The van der Waals surface area contributed by atoms with Crippen LogP contribution in [0, 0.1) is 5.82 Å². The van der Waals surface area contributed by atoms with E-state index in [0.29, 0.717) is 11.5 Å². The topological polar surface area (TPSA) is 55.8 Å². The molecular weight excluding hydrogens is 275 g/mol. The minimum atomic E-state index is -1.06. The zero-order valence-corrected chi connectivity index (χ0v) is 11.1. The lowest BCUT2D eigenvalue weighted by molar-refractivity contribution is -0.138. The Morgan fingerprint density at radius 2 is 1.95 bits per heavy atom. The third kappa shape index (κ3) is 2.67. The predicted octanol–water partition coefficient (Wildman–Crippen LogP) is 2.97. The van der Waals surface area contributed by atoms with Crippen LogP contribution in [0.2, 0.25) is 0 Å². The van der Waals surface area contributed by atoms with Gasteiger partial charge in [0.15, 0.2) is 11.5 Å². The molecule has 1 unspecified atom stereocenters. The Hall–Kier alpha value is -2.56. The first kappa shape index (κ1) is 13.4. The number of rotatable bonds is 4. The number of aliphatic carboxylic acids is 1. The van der Waals surface area contributed by atoms with E-state index in [4.69, 9.17) is 9.47 Å². The van der Waals surface area contributed by atoms with Crippen LogP contribution in [-0.4, -0.2) is 17.9 Å². The van der Waals surface area contributed by atoms with Crippen LogP contribution in [0.5, 0.6) is 11.5 Å². The van der Waals surface area contributed by atoms with E-state index in [2.05, 4.69) is 0 Å². The summed E-state index contributed by atoms with van der Waals surface area (Å²) < 4.78 is 24.3. The van der Waals surface area contributed by atoms with Crippen molar-refractivity contribution < 1.29 is 23.8 Å². The lowest BCUT2D eigenvalue weighted by Crippen LogP contribution is -2.15. The van der Waals surface area contributed by atoms with Crippen LogP contribution in [0.4, 0.5) is 4.39 Å². The first-order chi connectivity index (χ1) is 10.1. The monoisotopic (exact) mass is 288 g/mol. The van der Waals surface area contributed by atoms with E-state index in [1.54, 1.807) is 24.3 Å². The van der Waals surface area contributed by atoms with Gasteiger partial charge >= 0.3 is 5.97 Å². The molecule has 3 rings (SSSR count). The fraction of sp³-hybridized carbons (Fsp3) is 0.188. The molecule has 0 fully saturated rings. The van der Waals surface area contributed by atoms with Crippen molar-refractivity contribution in [3.8, 4) is 11.5 Å². The first-order valence-electron chi connectivity index (χ1n) is 6.51. The maximum atomic E-state index is 13.8. The number of fused-ring (bicyclic) bond motifs is 1. The number of ether oxygens (including phenoxy) is 2. The Morgan fingerprint density at radius 3 is 2.71 bits per heavy atom. The quantitative estimate of drug-likeness (QED) is 0.939. The van der Waals surface area contributed by atoms with Gasteiger partial charge < -0.3 is 14.6 Å². The second-order valence-electron chi connectivity index (χ2n) is 4.80. The smallest absolute Gasteiger partial charge is 0.311 e. The molecule has 1 aliphatic heterocycles. The summed E-state index contributed by atoms with van der Waals surface area (Å²) in [6, 6.07) is 11.2. The molecule has 0 radical (unpaired) electrons. The minimum absolute atomic E-state index is 0.161. The highest BCUT2D eigenvalue weighted by Crippen LogP contribution is 2.34. The molecule has 108 valence electrons. The van der Waals surface area contributed by atoms with Gasteiger partial charge in [-0.2, -0.15) is 0 Å². The van der Waals surface area contributed by atoms with Crippen molar-refractivity contribution in [1.82, 2.24) is 0 Å². The summed E-state index contributed by atoms with van der Waals surface area (Å²) in [4.78, 5) is 11.5. The molecule has 1 aliphatic rings. The van der Waals surface area contributed by atoms with Crippen LogP contribution in [0.1, 0.15) is 17.0 Å². The molecule has 1 atom stereocenters. The fourth-order valence-corrected chi connectivity index (χ4v) is 2.39. The third-order valence-electron chi connectivity index (χ3n) is 3.46. The Balaban J connectivity index is 1.90. The summed E-state index contributed by atoms with van der Waals surface area (Å²) in [5, 5.41) is 9.38. The van der Waals surface area contributed by atoms with Gasteiger partial charge in [0.25, 0.3) is 0 Å². The van der Waals surface area contributed by atoms with Crippen molar-refractivity contribution in [2.75, 3.05) is 6.79 Å². The second-order valence-corrected chi connectivity index (χ2v) is 4.80. The number of benzene rings is 2. The lowest BCUT2D eigenvalue weighted by atomic mass is 9.91. The molecule has 0 bridgehead atoms. The molecule has 5 heteroatoms. The number of carboxylic acids is 1. The van der Waals surface area contributed by atoms with E-state index in [1.165, 1.54) is 18.2 Å². The summed E-state index contributed by atoms with van der Waals surface area (Å²) in [7, 11) is 0. The zero-order valence-electron chi connectivity index (χ0n) is 11.1. The van der Waals surface area contributed by atoms with Gasteiger partial charge in [0.05, 0.1) is 5.92 Å². The van der Waals surface area contributed by atoms with Gasteiger partial charge in [-0.1, -0.05) is 24.3 Å². The Kier molecular flexibility index (Phi) is 3.48. The van der Waals surface area contributed by atoms with E-state index >= 15 is 0 Å². The number of hydrogen-bond acceptors (Lipinski definition) is 3. The van der Waals surface area contributed by atoms with Crippen LogP contribution in [-0.2, 0) is 11.2 Å². The average Bonchev–Trinajstić information content (AvgIpc) is 2.93. The molecular formula is C16H13FO4. The molecule has 1 N–H and O–H groups in total.